The van der Waals surface area contributed by atoms with E-state index < -0.39 is 0 Å². The number of morpholine rings is 1. The van der Waals surface area contributed by atoms with Crippen molar-refractivity contribution in [3.8, 4) is 0 Å². The maximum Gasteiger partial charge on any atom is 0.0701 e. The number of piperidine rings is 3. The lowest BCUT2D eigenvalue weighted by molar-refractivity contribution is -0.0334. The van der Waals surface area contributed by atoms with Crippen molar-refractivity contribution in [1.29, 1.82) is 0 Å². The number of fused-ring (bicyclic) bond motifs is 3. The first-order valence-electron chi connectivity index (χ1n) is 12.8. The molecule has 31 heavy (non-hydrogen) atoms. The fourth-order valence-corrected chi connectivity index (χ4v) is 4.02. The summed E-state index contributed by atoms with van der Waals surface area (Å²) in [7, 11) is 0. The van der Waals surface area contributed by atoms with E-state index in [-0.39, 0.29) is 0 Å². The summed E-state index contributed by atoms with van der Waals surface area (Å²) in [5.41, 5.74) is 0. The fourth-order valence-electron chi connectivity index (χ4n) is 4.02. The Morgan fingerprint density at radius 2 is 0.839 bits per heavy atom. The normalized spacial score (nSPS) is 29.4. The molecule has 0 radical (unpaired) electrons. The van der Waals surface area contributed by atoms with Crippen LogP contribution in [0.15, 0.2) is 0 Å². The van der Waals surface area contributed by atoms with Crippen LogP contribution in [0.2, 0.25) is 0 Å². The van der Waals surface area contributed by atoms with Gasteiger partial charge in [-0.3, -0.25) is 0 Å². The van der Waals surface area contributed by atoms with E-state index in [0.29, 0.717) is 0 Å². The minimum Gasteiger partial charge on any atom is -0.381 e. The maximum atomic E-state index is 5.07. The predicted molar refractivity (Wildman–Crippen MR) is 124 cm³/mol. The Morgan fingerprint density at radius 3 is 1.00 bits per heavy atom. The molecule has 7 heteroatoms. The van der Waals surface area contributed by atoms with Crippen LogP contribution in [0.5, 0.6) is 0 Å². The van der Waals surface area contributed by atoms with Crippen LogP contribution in [0.25, 0.3) is 0 Å². The van der Waals surface area contributed by atoms with Gasteiger partial charge >= 0.3 is 0 Å². The minimum atomic E-state index is 0.778. The molecule has 7 heterocycles. The number of nitrogens with zero attached hydrogens (tertiary/aromatic N) is 1. The quantitative estimate of drug-likeness (QED) is 0.616. The van der Waals surface area contributed by atoms with Gasteiger partial charge in [-0.05, 0) is 76.9 Å². The van der Waals surface area contributed by atoms with Gasteiger partial charge in [0.15, 0.2) is 0 Å². The van der Waals surface area contributed by atoms with Crippen molar-refractivity contribution in [2.45, 2.75) is 51.4 Å². The molecule has 0 aliphatic carbocycles. The third-order valence-corrected chi connectivity index (χ3v) is 6.06. The van der Waals surface area contributed by atoms with Crippen molar-refractivity contribution in [2.75, 3.05) is 98.8 Å². The highest BCUT2D eigenvalue weighted by Gasteiger charge is 2.24. The summed E-state index contributed by atoms with van der Waals surface area (Å²) in [5, 5.41) is 3.16. The zero-order valence-electron chi connectivity index (χ0n) is 19.8. The van der Waals surface area contributed by atoms with Gasteiger partial charge in [0.05, 0.1) is 39.6 Å². The summed E-state index contributed by atoms with van der Waals surface area (Å²) in [6.07, 6.45) is 10.9. The van der Waals surface area contributed by atoms with Crippen molar-refractivity contribution >= 4 is 0 Å². The van der Waals surface area contributed by atoms with Gasteiger partial charge in [0.1, 0.15) is 0 Å². The first-order valence-corrected chi connectivity index (χ1v) is 12.8. The summed E-state index contributed by atoms with van der Waals surface area (Å²) < 4.78 is 24.9. The minimum absolute atomic E-state index is 0.778. The van der Waals surface area contributed by atoms with Gasteiger partial charge in [-0.1, -0.05) is 0 Å². The van der Waals surface area contributed by atoms with E-state index in [1.54, 1.807) is 0 Å². The van der Waals surface area contributed by atoms with Crippen molar-refractivity contribution < 1.29 is 23.7 Å². The van der Waals surface area contributed by atoms with E-state index in [0.717, 1.165) is 85.1 Å². The molecule has 7 aliphatic rings. The standard InChI is InChI=1S/C7H13N.C5H10O.C4H9NO.C4H8O2.C4H8O/c1-4-8-5-2-7(1)3-6-8;1-2-4-6-5-3-1;1-3-6-4-2-5-1;1-2-6-4-3-5-1;1-2-4-5-3-1/h7H,1-6H2;1-5H2;5H,1-4H2;1-4H2;1-4H2. The number of hydrogen-bond acceptors (Lipinski definition) is 7. The van der Waals surface area contributed by atoms with E-state index in [9.17, 15) is 0 Å². The monoisotopic (exact) mass is 444 g/mol. The lowest BCUT2D eigenvalue weighted by Crippen LogP contribution is -2.41. The molecule has 7 nitrogen and oxygen atoms in total. The second kappa shape index (κ2) is 20.3. The molecule has 0 saturated carbocycles. The average Bonchev–Trinajstić information content (AvgIpc) is 3.50. The van der Waals surface area contributed by atoms with Gasteiger partial charge in [-0.15, -0.1) is 0 Å². The third-order valence-electron chi connectivity index (χ3n) is 6.06. The molecule has 2 bridgehead atoms. The second-order valence-electron chi connectivity index (χ2n) is 8.65. The first-order chi connectivity index (χ1) is 15.4. The van der Waals surface area contributed by atoms with Gasteiger partial charge < -0.3 is 33.9 Å². The third kappa shape index (κ3) is 16.1. The Kier molecular flexibility index (Phi) is 17.7. The molecule has 0 spiro atoms. The molecular formula is C24H48N2O5. The molecule has 7 saturated heterocycles. The smallest absolute Gasteiger partial charge is 0.0701 e. The molecule has 0 aromatic heterocycles. The molecule has 7 fully saturated rings. The molecule has 0 atom stereocenters. The molecule has 184 valence electrons. The Hall–Kier alpha value is -0.280. The van der Waals surface area contributed by atoms with Gasteiger partial charge in [0, 0.05) is 39.5 Å². The number of rotatable bonds is 0. The summed E-state index contributed by atoms with van der Waals surface area (Å²) in [6, 6.07) is 0. The van der Waals surface area contributed by atoms with Crippen molar-refractivity contribution in [3.05, 3.63) is 0 Å². The van der Waals surface area contributed by atoms with E-state index in [2.05, 4.69) is 10.2 Å². The zero-order chi connectivity index (χ0) is 21.7. The Labute approximate surface area is 190 Å². The molecule has 7 aliphatic heterocycles. The number of ether oxygens (including phenoxy) is 5. The Morgan fingerprint density at radius 1 is 0.452 bits per heavy atom. The van der Waals surface area contributed by atoms with E-state index in [1.807, 2.05) is 0 Å². The van der Waals surface area contributed by atoms with Crippen LogP contribution in [0.3, 0.4) is 0 Å². The van der Waals surface area contributed by atoms with Crippen LogP contribution in [0.4, 0.5) is 0 Å². The molecule has 0 amide bonds. The zero-order valence-corrected chi connectivity index (χ0v) is 19.8. The predicted octanol–water partition coefficient (Wildman–Crippen LogP) is 2.73. The topological polar surface area (TPSA) is 61.4 Å². The highest BCUT2D eigenvalue weighted by Crippen LogP contribution is 2.26. The lowest BCUT2D eigenvalue weighted by Gasteiger charge is -2.38. The summed E-state index contributed by atoms with van der Waals surface area (Å²) >= 11 is 0. The summed E-state index contributed by atoms with van der Waals surface area (Å²) in [5.74, 6) is 1.11. The molecular weight excluding hydrogens is 396 g/mol. The maximum absolute atomic E-state index is 5.07. The molecule has 1 N–H and O–H groups in total. The van der Waals surface area contributed by atoms with Gasteiger partial charge in [-0.2, -0.15) is 0 Å². The van der Waals surface area contributed by atoms with Crippen LogP contribution in [-0.4, -0.2) is 104 Å². The number of nitrogens with one attached hydrogen (secondary N) is 1. The molecule has 0 aromatic rings. The number of hydrogen-bond donors (Lipinski definition) is 1. The van der Waals surface area contributed by atoms with Crippen LogP contribution in [0.1, 0.15) is 51.4 Å². The van der Waals surface area contributed by atoms with Gasteiger partial charge in [0.2, 0.25) is 0 Å². The first kappa shape index (κ1) is 27.0. The van der Waals surface area contributed by atoms with Crippen LogP contribution in [-0.2, 0) is 23.7 Å². The van der Waals surface area contributed by atoms with Crippen molar-refractivity contribution in [3.63, 3.8) is 0 Å². The van der Waals surface area contributed by atoms with E-state index >= 15 is 0 Å². The molecule has 0 unspecified atom stereocenters. The Bertz CT molecular complexity index is 271. The lowest BCUT2D eigenvalue weighted by atomic mass is 9.89. The SMILES string of the molecule is C1CCOC1.C1CCOCC1.C1CN2CCC1CC2.C1COCCN1.C1COCCO1. The largest absolute Gasteiger partial charge is 0.381 e. The van der Waals surface area contributed by atoms with E-state index in [4.69, 9.17) is 23.7 Å². The summed E-state index contributed by atoms with van der Waals surface area (Å²) in [4.78, 5) is 2.58. The van der Waals surface area contributed by atoms with Crippen molar-refractivity contribution in [1.82, 2.24) is 10.2 Å². The highest BCUT2D eigenvalue weighted by atomic mass is 16.6. The van der Waals surface area contributed by atoms with Crippen LogP contribution >= 0.6 is 0 Å². The Balaban J connectivity index is 0.000000139. The second-order valence-corrected chi connectivity index (χ2v) is 8.65. The molecule has 0 aromatic carbocycles. The molecule has 7 rings (SSSR count). The van der Waals surface area contributed by atoms with Crippen LogP contribution in [0, 0.1) is 5.92 Å². The highest BCUT2D eigenvalue weighted by molar-refractivity contribution is 4.78. The van der Waals surface area contributed by atoms with Crippen molar-refractivity contribution in [2.24, 2.45) is 5.92 Å². The van der Waals surface area contributed by atoms with Crippen LogP contribution < -0.4 is 5.32 Å². The average molecular weight is 445 g/mol. The van der Waals surface area contributed by atoms with Gasteiger partial charge in [0.25, 0.3) is 0 Å². The van der Waals surface area contributed by atoms with Gasteiger partial charge in [-0.25, -0.2) is 0 Å². The summed E-state index contributed by atoms with van der Waals surface area (Å²) in [6.45, 7) is 15.1. The fraction of sp³-hybridized carbons (Fsp3) is 1.00. The van der Waals surface area contributed by atoms with E-state index in [1.165, 1.54) is 71.0 Å².